The molecule has 1 unspecified atom stereocenters. The second kappa shape index (κ2) is 6.02. The minimum absolute atomic E-state index is 0.361. The molecule has 1 fully saturated rings. The summed E-state index contributed by atoms with van der Waals surface area (Å²) in [5, 5.41) is 17.0. The second-order valence-electron chi connectivity index (χ2n) is 4.65. The quantitative estimate of drug-likeness (QED) is 0.782. The van der Waals surface area contributed by atoms with E-state index in [1.807, 2.05) is 19.3 Å². The van der Waals surface area contributed by atoms with E-state index in [1.165, 1.54) is 12.8 Å². The van der Waals surface area contributed by atoms with Crippen molar-refractivity contribution in [2.45, 2.75) is 37.9 Å². The largest absolute Gasteiger partial charge is 0.389 e. The molecule has 0 saturated heterocycles. The van der Waals surface area contributed by atoms with Gasteiger partial charge in [0.25, 0.3) is 0 Å². The first kappa shape index (κ1) is 12.4. The Kier molecular flexibility index (Phi) is 4.39. The van der Waals surface area contributed by atoms with Crippen LogP contribution in [0.1, 0.15) is 25.7 Å². The van der Waals surface area contributed by atoms with Gasteiger partial charge in [-0.05, 0) is 12.8 Å². The van der Waals surface area contributed by atoms with E-state index in [-0.39, 0.29) is 0 Å². The molecular weight excluding hydrogens is 218 g/mol. The molecule has 0 aromatic carbocycles. The Morgan fingerprint density at radius 3 is 3.00 bits per heavy atom. The molecule has 0 spiro atoms. The van der Waals surface area contributed by atoms with Crippen LogP contribution in [0.2, 0.25) is 0 Å². The van der Waals surface area contributed by atoms with E-state index in [0.29, 0.717) is 19.3 Å². The van der Waals surface area contributed by atoms with Gasteiger partial charge in [0.15, 0.2) is 0 Å². The average Bonchev–Trinajstić information content (AvgIpc) is 2.95. The molecule has 96 valence electrons. The molecule has 5 heteroatoms. The van der Waals surface area contributed by atoms with Crippen LogP contribution in [-0.2, 0) is 11.8 Å². The molecule has 2 rings (SSSR count). The van der Waals surface area contributed by atoms with Crippen molar-refractivity contribution in [1.29, 1.82) is 0 Å². The van der Waals surface area contributed by atoms with Crippen molar-refractivity contribution in [3.05, 3.63) is 12.3 Å². The molecule has 1 aliphatic carbocycles. The van der Waals surface area contributed by atoms with Crippen LogP contribution in [0.4, 0.5) is 5.82 Å². The SMILES string of the molecule is Cn1ccc(NCC(O)COC2CCCC2)n1. The van der Waals surface area contributed by atoms with Crippen LogP contribution in [-0.4, -0.2) is 40.2 Å². The summed E-state index contributed by atoms with van der Waals surface area (Å²) >= 11 is 0. The number of hydrogen-bond donors (Lipinski definition) is 2. The number of nitrogens with zero attached hydrogens (tertiary/aromatic N) is 2. The van der Waals surface area contributed by atoms with Gasteiger partial charge in [-0.3, -0.25) is 4.68 Å². The molecule has 0 radical (unpaired) electrons. The Labute approximate surface area is 102 Å². The summed E-state index contributed by atoms with van der Waals surface area (Å²) in [5.41, 5.74) is 0. The number of aliphatic hydroxyl groups excluding tert-OH is 1. The first-order valence-corrected chi connectivity index (χ1v) is 6.27. The third-order valence-electron chi connectivity index (χ3n) is 3.06. The van der Waals surface area contributed by atoms with Crippen molar-refractivity contribution in [3.63, 3.8) is 0 Å². The van der Waals surface area contributed by atoms with E-state index < -0.39 is 6.10 Å². The van der Waals surface area contributed by atoms with E-state index in [1.54, 1.807) is 4.68 Å². The maximum absolute atomic E-state index is 9.76. The molecule has 1 aliphatic rings. The molecule has 17 heavy (non-hydrogen) atoms. The molecule has 1 atom stereocenters. The lowest BCUT2D eigenvalue weighted by Crippen LogP contribution is -2.27. The van der Waals surface area contributed by atoms with Gasteiger partial charge in [0.05, 0.1) is 18.8 Å². The van der Waals surface area contributed by atoms with Crippen molar-refractivity contribution in [3.8, 4) is 0 Å². The number of hydrogen-bond acceptors (Lipinski definition) is 4. The zero-order valence-corrected chi connectivity index (χ0v) is 10.3. The first-order valence-electron chi connectivity index (χ1n) is 6.27. The zero-order valence-electron chi connectivity index (χ0n) is 10.3. The van der Waals surface area contributed by atoms with Crippen LogP contribution in [0.5, 0.6) is 0 Å². The molecule has 0 bridgehead atoms. The van der Waals surface area contributed by atoms with Gasteiger partial charge >= 0.3 is 0 Å². The van der Waals surface area contributed by atoms with Crippen molar-refractivity contribution in [2.75, 3.05) is 18.5 Å². The van der Waals surface area contributed by atoms with E-state index in [9.17, 15) is 5.11 Å². The number of ether oxygens (including phenoxy) is 1. The predicted octanol–water partition coefficient (Wildman–Crippen LogP) is 1.15. The van der Waals surface area contributed by atoms with E-state index in [2.05, 4.69) is 10.4 Å². The Morgan fingerprint density at radius 2 is 2.35 bits per heavy atom. The Morgan fingerprint density at radius 1 is 1.59 bits per heavy atom. The van der Waals surface area contributed by atoms with Crippen molar-refractivity contribution in [2.24, 2.45) is 7.05 Å². The number of anilines is 1. The second-order valence-corrected chi connectivity index (χ2v) is 4.65. The van der Waals surface area contributed by atoms with Crippen LogP contribution in [0.25, 0.3) is 0 Å². The van der Waals surface area contributed by atoms with Gasteiger partial charge in [0.1, 0.15) is 5.82 Å². The van der Waals surface area contributed by atoms with Gasteiger partial charge < -0.3 is 15.2 Å². The predicted molar refractivity (Wildman–Crippen MR) is 65.9 cm³/mol. The Hall–Kier alpha value is -1.07. The Bertz CT molecular complexity index is 334. The van der Waals surface area contributed by atoms with Crippen LogP contribution in [0.3, 0.4) is 0 Å². The number of nitrogens with one attached hydrogen (secondary N) is 1. The van der Waals surface area contributed by atoms with Crippen LogP contribution in [0.15, 0.2) is 12.3 Å². The van der Waals surface area contributed by atoms with Gasteiger partial charge in [0, 0.05) is 25.9 Å². The molecule has 5 nitrogen and oxygen atoms in total. The summed E-state index contributed by atoms with van der Waals surface area (Å²) in [6, 6.07) is 1.88. The summed E-state index contributed by atoms with van der Waals surface area (Å²) in [7, 11) is 1.87. The summed E-state index contributed by atoms with van der Waals surface area (Å²) in [6.45, 7) is 0.883. The summed E-state index contributed by atoms with van der Waals surface area (Å²) in [5.74, 6) is 0.785. The monoisotopic (exact) mass is 239 g/mol. The van der Waals surface area contributed by atoms with Crippen molar-refractivity contribution >= 4 is 5.82 Å². The minimum Gasteiger partial charge on any atom is -0.389 e. The minimum atomic E-state index is -0.474. The first-order chi connectivity index (χ1) is 8.24. The average molecular weight is 239 g/mol. The number of aromatic nitrogens is 2. The highest BCUT2D eigenvalue weighted by atomic mass is 16.5. The summed E-state index contributed by atoms with van der Waals surface area (Å²) in [4.78, 5) is 0. The standard InChI is InChI=1S/C12H21N3O2/c1-15-7-6-12(14-15)13-8-10(16)9-17-11-4-2-3-5-11/h6-7,10-11,16H,2-5,8-9H2,1H3,(H,13,14). The van der Waals surface area contributed by atoms with Gasteiger partial charge in [-0.15, -0.1) is 0 Å². The summed E-state index contributed by atoms with van der Waals surface area (Å²) < 4.78 is 7.37. The fourth-order valence-electron chi connectivity index (χ4n) is 2.09. The lowest BCUT2D eigenvalue weighted by Gasteiger charge is -2.15. The van der Waals surface area contributed by atoms with Crippen molar-refractivity contribution < 1.29 is 9.84 Å². The third kappa shape index (κ3) is 4.02. The smallest absolute Gasteiger partial charge is 0.148 e. The maximum Gasteiger partial charge on any atom is 0.148 e. The fourth-order valence-corrected chi connectivity index (χ4v) is 2.09. The lowest BCUT2D eigenvalue weighted by molar-refractivity contribution is -0.00119. The number of aryl methyl sites for hydroxylation is 1. The highest BCUT2D eigenvalue weighted by Gasteiger charge is 2.16. The zero-order chi connectivity index (χ0) is 12.1. The normalized spacial score (nSPS) is 18.5. The molecule has 2 N–H and O–H groups in total. The number of aliphatic hydroxyl groups is 1. The van der Waals surface area contributed by atoms with E-state index in [0.717, 1.165) is 18.7 Å². The van der Waals surface area contributed by atoms with Crippen LogP contribution >= 0.6 is 0 Å². The van der Waals surface area contributed by atoms with E-state index >= 15 is 0 Å². The molecule has 1 saturated carbocycles. The van der Waals surface area contributed by atoms with Crippen LogP contribution < -0.4 is 5.32 Å². The van der Waals surface area contributed by atoms with Crippen LogP contribution in [0, 0.1) is 0 Å². The maximum atomic E-state index is 9.76. The molecule has 0 amide bonds. The van der Waals surface area contributed by atoms with Gasteiger partial charge in [-0.2, -0.15) is 5.10 Å². The Balaban J connectivity index is 1.61. The van der Waals surface area contributed by atoms with Gasteiger partial charge in [-0.25, -0.2) is 0 Å². The topological polar surface area (TPSA) is 59.3 Å². The van der Waals surface area contributed by atoms with Gasteiger partial charge in [-0.1, -0.05) is 12.8 Å². The fraction of sp³-hybridized carbons (Fsp3) is 0.750. The highest BCUT2D eigenvalue weighted by molar-refractivity contribution is 5.31. The molecule has 1 aromatic heterocycles. The molecule has 1 aromatic rings. The summed E-state index contributed by atoms with van der Waals surface area (Å²) in [6.07, 6.45) is 6.54. The highest BCUT2D eigenvalue weighted by Crippen LogP contribution is 2.20. The van der Waals surface area contributed by atoms with E-state index in [4.69, 9.17) is 4.74 Å². The van der Waals surface area contributed by atoms with Gasteiger partial charge in [0.2, 0.25) is 0 Å². The third-order valence-corrected chi connectivity index (χ3v) is 3.06. The van der Waals surface area contributed by atoms with Crippen molar-refractivity contribution in [1.82, 2.24) is 9.78 Å². The molecule has 1 heterocycles. The molecular formula is C12H21N3O2. The lowest BCUT2D eigenvalue weighted by atomic mass is 10.3. The molecule has 0 aliphatic heterocycles. The number of rotatable bonds is 6.